The van der Waals surface area contributed by atoms with Gasteiger partial charge in [0.15, 0.2) is 18.2 Å². The summed E-state index contributed by atoms with van der Waals surface area (Å²) in [6.07, 6.45) is 3.00. The number of hydrogen-bond acceptors (Lipinski definition) is 3. The first-order valence-corrected chi connectivity index (χ1v) is 9.02. The molecule has 0 N–H and O–H groups in total. The summed E-state index contributed by atoms with van der Waals surface area (Å²) in [4.78, 5) is 0. The highest BCUT2D eigenvalue weighted by atomic mass is 19.4. The number of benzene rings is 2. The molecule has 0 unspecified atom stereocenters. The lowest BCUT2D eigenvalue weighted by atomic mass is 10.1. The Bertz CT molecular complexity index is 799. The van der Waals surface area contributed by atoms with Gasteiger partial charge in [-0.3, -0.25) is 0 Å². The Morgan fingerprint density at radius 2 is 1.57 bits per heavy atom. The molecule has 150 valence electrons. The van der Waals surface area contributed by atoms with Gasteiger partial charge in [0.2, 0.25) is 0 Å². The number of nitrogens with zero attached hydrogens (tertiary/aromatic N) is 2. The molecule has 2 rings (SSSR count). The summed E-state index contributed by atoms with van der Waals surface area (Å²) >= 11 is 0. The summed E-state index contributed by atoms with van der Waals surface area (Å²) < 4.78 is 54.5. The second-order valence-electron chi connectivity index (χ2n) is 6.28. The SMILES string of the molecule is CCCCCc1ccc(/C=N/N=C/c2ccc(OCC(F)(F)F)c(F)c2)cc1. The van der Waals surface area contributed by atoms with E-state index >= 15 is 0 Å². The van der Waals surface area contributed by atoms with Gasteiger partial charge >= 0.3 is 6.18 Å². The molecule has 0 fully saturated rings. The van der Waals surface area contributed by atoms with Crippen LogP contribution in [0.25, 0.3) is 0 Å². The lowest BCUT2D eigenvalue weighted by molar-refractivity contribution is -0.153. The minimum absolute atomic E-state index is 0.361. The summed E-state index contributed by atoms with van der Waals surface area (Å²) in [7, 11) is 0. The molecule has 2 aromatic rings. The Kier molecular flexibility index (Phi) is 8.17. The van der Waals surface area contributed by atoms with Crippen LogP contribution < -0.4 is 4.74 Å². The van der Waals surface area contributed by atoms with Crippen LogP contribution in [0.15, 0.2) is 52.7 Å². The Morgan fingerprint density at radius 1 is 0.929 bits per heavy atom. The van der Waals surface area contributed by atoms with Crippen molar-refractivity contribution in [2.75, 3.05) is 6.61 Å². The van der Waals surface area contributed by atoms with Gasteiger partial charge < -0.3 is 4.74 Å². The van der Waals surface area contributed by atoms with Crippen molar-refractivity contribution in [1.29, 1.82) is 0 Å². The summed E-state index contributed by atoms with van der Waals surface area (Å²) in [6, 6.07) is 11.6. The van der Waals surface area contributed by atoms with E-state index in [1.54, 1.807) is 6.21 Å². The van der Waals surface area contributed by atoms with Crippen molar-refractivity contribution < 1.29 is 22.3 Å². The Labute approximate surface area is 161 Å². The molecule has 0 aliphatic carbocycles. The van der Waals surface area contributed by atoms with Crippen molar-refractivity contribution >= 4 is 12.4 Å². The van der Waals surface area contributed by atoms with Crippen molar-refractivity contribution in [3.8, 4) is 5.75 Å². The van der Waals surface area contributed by atoms with Gasteiger partial charge in [-0.2, -0.15) is 23.4 Å². The second-order valence-corrected chi connectivity index (χ2v) is 6.28. The zero-order valence-corrected chi connectivity index (χ0v) is 15.5. The first-order valence-electron chi connectivity index (χ1n) is 9.02. The highest BCUT2D eigenvalue weighted by Crippen LogP contribution is 2.21. The van der Waals surface area contributed by atoms with E-state index < -0.39 is 24.3 Å². The van der Waals surface area contributed by atoms with Crippen molar-refractivity contribution in [1.82, 2.24) is 0 Å². The van der Waals surface area contributed by atoms with E-state index in [4.69, 9.17) is 0 Å². The Hall–Kier alpha value is -2.70. The van der Waals surface area contributed by atoms with E-state index in [0.717, 1.165) is 24.1 Å². The van der Waals surface area contributed by atoms with E-state index in [-0.39, 0.29) is 0 Å². The van der Waals surface area contributed by atoms with E-state index in [2.05, 4.69) is 34.0 Å². The van der Waals surface area contributed by atoms with E-state index in [1.165, 1.54) is 37.1 Å². The number of halogens is 4. The highest BCUT2D eigenvalue weighted by molar-refractivity contribution is 5.82. The first-order chi connectivity index (χ1) is 13.4. The van der Waals surface area contributed by atoms with Gasteiger partial charge in [-0.1, -0.05) is 44.0 Å². The van der Waals surface area contributed by atoms with Crippen molar-refractivity contribution in [2.45, 2.75) is 38.8 Å². The van der Waals surface area contributed by atoms with Crippen LogP contribution in [0.4, 0.5) is 17.6 Å². The van der Waals surface area contributed by atoms with Gasteiger partial charge in [-0.15, -0.1) is 0 Å². The van der Waals surface area contributed by atoms with Gasteiger partial charge in [0.25, 0.3) is 0 Å². The van der Waals surface area contributed by atoms with Crippen LogP contribution in [0.1, 0.15) is 42.9 Å². The average Bonchev–Trinajstić information content (AvgIpc) is 2.65. The maximum Gasteiger partial charge on any atom is 0.422 e. The lowest BCUT2D eigenvalue weighted by Crippen LogP contribution is -2.19. The van der Waals surface area contributed by atoms with Crippen LogP contribution in [-0.4, -0.2) is 25.2 Å². The molecule has 0 heterocycles. The molecule has 0 saturated heterocycles. The fourth-order valence-electron chi connectivity index (χ4n) is 2.42. The van der Waals surface area contributed by atoms with Gasteiger partial charge in [-0.05, 0) is 47.7 Å². The summed E-state index contributed by atoms with van der Waals surface area (Å²) in [6.45, 7) is 0.629. The minimum atomic E-state index is -4.52. The third-order valence-electron chi connectivity index (χ3n) is 3.88. The van der Waals surface area contributed by atoms with E-state index in [1.807, 2.05) is 12.1 Å². The molecule has 0 aromatic heterocycles. The normalized spacial score (nSPS) is 12.2. The topological polar surface area (TPSA) is 34.0 Å². The number of rotatable bonds is 9. The fraction of sp³-hybridized carbons (Fsp3) is 0.333. The molecular weight excluding hydrogens is 372 g/mol. The van der Waals surface area contributed by atoms with Crippen LogP contribution in [0.2, 0.25) is 0 Å². The molecule has 0 bridgehead atoms. The largest absolute Gasteiger partial charge is 0.481 e. The maximum absolute atomic E-state index is 13.8. The number of ether oxygens (including phenoxy) is 1. The quantitative estimate of drug-likeness (QED) is 0.224. The average molecular weight is 394 g/mol. The van der Waals surface area contributed by atoms with E-state index in [9.17, 15) is 17.6 Å². The van der Waals surface area contributed by atoms with Crippen LogP contribution in [0.3, 0.4) is 0 Å². The summed E-state index contributed by atoms with van der Waals surface area (Å²) in [5, 5.41) is 7.74. The molecule has 3 nitrogen and oxygen atoms in total. The molecule has 0 radical (unpaired) electrons. The molecule has 0 spiro atoms. The van der Waals surface area contributed by atoms with Gasteiger partial charge in [0.05, 0.1) is 12.4 Å². The van der Waals surface area contributed by atoms with Crippen LogP contribution in [0.5, 0.6) is 5.75 Å². The predicted octanol–water partition coefficient (Wildman–Crippen LogP) is 5.95. The molecule has 0 atom stereocenters. The minimum Gasteiger partial charge on any atom is -0.481 e. The highest BCUT2D eigenvalue weighted by Gasteiger charge is 2.28. The molecule has 0 aliphatic heterocycles. The van der Waals surface area contributed by atoms with Crippen molar-refractivity contribution in [3.05, 3.63) is 65.0 Å². The number of unbranched alkanes of at least 4 members (excludes halogenated alkanes) is 2. The van der Waals surface area contributed by atoms with Gasteiger partial charge in [0.1, 0.15) is 0 Å². The van der Waals surface area contributed by atoms with Crippen molar-refractivity contribution in [3.63, 3.8) is 0 Å². The molecule has 0 aliphatic rings. The molecule has 7 heteroatoms. The lowest BCUT2D eigenvalue weighted by Gasteiger charge is -2.09. The van der Waals surface area contributed by atoms with Crippen LogP contribution in [0, 0.1) is 5.82 Å². The third kappa shape index (κ3) is 7.90. The monoisotopic (exact) mass is 394 g/mol. The Morgan fingerprint density at radius 3 is 2.18 bits per heavy atom. The number of alkyl halides is 3. The number of hydrogen-bond donors (Lipinski definition) is 0. The van der Waals surface area contributed by atoms with Crippen LogP contribution >= 0.6 is 0 Å². The van der Waals surface area contributed by atoms with Gasteiger partial charge in [0, 0.05) is 0 Å². The molecular formula is C21H22F4N2O. The third-order valence-corrected chi connectivity index (χ3v) is 3.88. The van der Waals surface area contributed by atoms with E-state index in [0.29, 0.717) is 5.56 Å². The Balaban J connectivity index is 1.88. The predicted molar refractivity (Wildman–Crippen MR) is 103 cm³/mol. The van der Waals surface area contributed by atoms with Crippen LogP contribution in [-0.2, 0) is 6.42 Å². The standard InChI is InChI=1S/C21H22F4N2O/c1-2-3-4-5-16-6-8-17(9-7-16)13-26-27-14-18-10-11-20(19(22)12-18)28-15-21(23,24)25/h6-14H,2-5,15H2,1H3/b26-13+,27-14+. The van der Waals surface area contributed by atoms with Gasteiger partial charge in [-0.25, -0.2) is 4.39 Å². The second kappa shape index (κ2) is 10.6. The van der Waals surface area contributed by atoms with Crippen molar-refractivity contribution in [2.24, 2.45) is 10.2 Å². The maximum atomic E-state index is 13.8. The number of aryl methyl sites for hydroxylation is 1. The molecule has 0 saturated carbocycles. The summed E-state index contributed by atoms with van der Waals surface area (Å²) in [5.41, 5.74) is 2.52. The smallest absolute Gasteiger partial charge is 0.422 e. The molecule has 0 amide bonds. The fourth-order valence-corrected chi connectivity index (χ4v) is 2.42. The first kappa shape index (κ1) is 21.6. The summed E-state index contributed by atoms with van der Waals surface area (Å²) in [5.74, 6) is -1.35. The zero-order valence-electron chi connectivity index (χ0n) is 15.5. The molecule has 28 heavy (non-hydrogen) atoms. The molecule has 2 aromatic carbocycles. The zero-order chi connectivity index (χ0) is 20.4.